The first-order valence-electron chi connectivity index (χ1n) is 5.35. The Balaban J connectivity index is 2.11. The molecule has 82 valence electrons. The minimum atomic E-state index is 0.454. The Hall–Kier alpha value is -2.67. The molecule has 0 unspecified atom stereocenters. The van der Waals surface area contributed by atoms with Crippen LogP contribution in [0.2, 0.25) is 0 Å². The third-order valence-electron chi connectivity index (χ3n) is 2.10. The van der Waals surface area contributed by atoms with Crippen LogP contribution in [-0.4, -0.2) is 6.54 Å². The van der Waals surface area contributed by atoms with Gasteiger partial charge in [-0.2, -0.15) is 10.2 Å². The molecule has 0 radical (unpaired) electrons. The molecule has 0 spiro atoms. The summed E-state index contributed by atoms with van der Waals surface area (Å²) in [4.78, 5) is 3.30. The summed E-state index contributed by atoms with van der Waals surface area (Å²) in [5.41, 5.74) is 1.93. The van der Waals surface area contributed by atoms with Gasteiger partial charge in [-0.15, -0.1) is 0 Å². The minimum Gasteiger partial charge on any atom is -0.508 e. The standard InChI is InChI=1S/C13H9N3O/c1-14-10-2-4-11(5-3-10)15-16-12-6-8-13(17)9-7-12/h2-9,17H/i/hT. The second kappa shape index (κ2) is 4.90. The van der Waals surface area contributed by atoms with Gasteiger partial charge in [0.2, 0.25) is 0 Å². The lowest BCUT2D eigenvalue weighted by molar-refractivity contribution is 0.475. The number of rotatable bonds is 3. The summed E-state index contributed by atoms with van der Waals surface area (Å²) in [5.74, 6) is 0.454. The van der Waals surface area contributed by atoms with Crippen molar-refractivity contribution in [3.05, 3.63) is 59.9 Å². The maximum atomic E-state index is 6.83. The number of hydrogen-bond acceptors (Lipinski definition) is 3. The van der Waals surface area contributed by atoms with E-state index in [0.29, 0.717) is 22.8 Å². The molecule has 17 heavy (non-hydrogen) atoms. The Bertz CT molecular complexity index is 585. The number of benzene rings is 2. The Labute approximate surface area is 100 Å². The van der Waals surface area contributed by atoms with Crippen LogP contribution < -0.4 is 0 Å². The molecule has 0 saturated heterocycles. The molecule has 4 nitrogen and oxygen atoms in total. The van der Waals surface area contributed by atoms with E-state index >= 15 is 0 Å². The van der Waals surface area contributed by atoms with Gasteiger partial charge >= 0.3 is 0 Å². The van der Waals surface area contributed by atoms with Crippen molar-refractivity contribution in [3.8, 4) is 5.75 Å². The third kappa shape index (κ3) is 2.89. The average Bonchev–Trinajstić information content (AvgIpc) is 2.46. The number of phenols is 1. The fraction of sp³-hybridized carbons (Fsp3) is 0. The normalized spacial score (nSPS) is 10.9. The lowest BCUT2D eigenvalue weighted by Gasteiger charge is -1.94. The van der Waals surface area contributed by atoms with Crippen LogP contribution in [-0.2, 0) is 0 Å². The summed E-state index contributed by atoms with van der Waals surface area (Å²) in [6.07, 6.45) is 0. The molecule has 0 aliphatic carbocycles. The number of aromatic hydroxyl groups is 1. The van der Waals surface area contributed by atoms with Crippen LogP contribution in [0.1, 0.15) is 0 Å². The summed E-state index contributed by atoms with van der Waals surface area (Å²) in [6, 6.07) is 13.6. The first-order chi connectivity index (χ1) is 8.81. The van der Waals surface area contributed by atoms with Crippen LogP contribution in [0.15, 0.2) is 58.8 Å². The van der Waals surface area contributed by atoms with Crippen molar-refractivity contribution in [1.29, 1.82) is 1.43 Å². The van der Waals surface area contributed by atoms with E-state index < -0.39 is 0 Å². The van der Waals surface area contributed by atoms with Gasteiger partial charge in [-0.25, -0.2) is 4.85 Å². The van der Waals surface area contributed by atoms with Gasteiger partial charge in [-0.3, -0.25) is 0 Å². The maximum Gasteiger partial charge on any atom is 0.293 e. The second-order valence-corrected chi connectivity index (χ2v) is 3.32. The molecular weight excluding hydrogens is 214 g/mol. The highest BCUT2D eigenvalue weighted by Gasteiger charge is 1.92. The van der Waals surface area contributed by atoms with E-state index in [9.17, 15) is 0 Å². The monoisotopic (exact) mass is 225 g/mol. The van der Waals surface area contributed by atoms with Gasteiger partial charge in [-0.1, -0.05) is 12.1 Å². The van der Waals surface area contributed by atoms with E-state index in [2.05, 4.69) is 20.2 Å². The molecule has 0 fully saturated rings. The molecule has 1 N–H and O–H groups in total. The predicted molar refractivity (Wildman–Crippen MR) is 65.0 cm³/mol. The van der Waals surface area contributed by atoms with Gasteiger partial charge in [-0.05, 0) is 36.4 Å². The van der Waals surface area contributed by atoms with E-state index in [0.717, 1.165) is 0 Å². The SMILES string of the molecule is [3H]Oc1ccc(N=Nc2ccc([N+]#[C-])cc2)cc1. The van der Waals surface area contributed by atoms with Crippen molar-refractivity contribution in [3.63, 3.8) is 0 Å². The number of phenolic OH excluding ortho intramolecular Hbond substituents is 1. The summed E-state index contributed by atoms with van der Waals surface area (Å²) < 4.78 is 6.71. The highest BCUT2D eigenvalue weighted by Crippen LogP contribution is 2.22. The Morgan fingerprint density at radius 1 is 0.941 bits per heavy atom. The molecule has 0 aliphatic heterocycles. The van der Waals surface area contributed by atoms with Crippen LogP contribution >= 0.6 is 0 Å². The molecule has 0 saturated carbocycles. The molecule has 2 rings (SSSR count). The molecule has 0 amide bonds. The molecular formula is C13H9N3O. The van der Waals surface area contributed by atoms with E-state index in [1.54, 1.807) is 48.5 Å². The zero-order chi connectivity index (χ0) is 12.8. The van der Waals surface area contributed by atoms with Crippen LogP contribution in [0.4, 0.5) is 17.1 Å². The molecule has 2 aromatic carbocycles. The van der Waals surface area contributed by atoms with E-state index in [1.807, 2.05) is 0 Å². The molecule has 0 atom stereocenters. The summed E-state index contributed by atoms with van der Waals surface area (Å²) in [7, 11) is 0. The number of nitrogens with zero attached hydrogens (tertiary/aromatic N) is 3. The van der Waals surface area contributed by atoms with Gasteiger partial charge in [0.05, 0.1) is 17.9 Å². The topological polar surface area (TPSA) is 49.3 Å². The van der Waals surface area contributed by atoms with Gasteiger partial charge in [0.1, 0.15) is 5.75 Å². The molecule has 4 heteroatoms. The maximum absolute atomic E-state index is 6.83. The molecule has 0 aliphatic rings. The minimum absolute atomic E-state index is 0.454. The van der Waals surface area contributed by atoms with E-state index in [1.165, 1.54) is 0 Å². The first-order valence-corrected chi connectivity index (χ1v) is 4.94. The summed E-state index contributed by atoms with van der Waals surface area (Å²) >= 11 is 0. The quantitative estimate of drug-likeness (QED) is 0.612. The van der Waals surface area contributed by atoms with Gasteiger partial charge in [0, 0.05) is 0 Å². The zero-order valence-electron chi connectivity index (χ0n) is 9.87. The van der Waals surface area contributed by atoms with Crippen LogP contribution in [0.3, 0.4) is 0 Å². The number of hydrogen-bond donors (Lipinski definition) is 1. The van der Waals surface area contributed by atoms with E-state index in [4.69, 9.17) is 8.00 Å². The molecule has 0 bridgehead atoms. The Kier molecular flexibility index (Phi) is 2.75. The molecule has 2 aromatic rings. The van der Waals surface area contributed by atoms with Gasteiger partial charge < -0.3 is 5.11 Å². The summed E-state index contributed by atoms with van der Waals surface area (Å²) in [5, 5.41) is 12.4. The zero-order valence-corrected chi connectivity index (χ0v) is 8.87. The van der Waals surface area contributed by atoms with Crippen molar-refractivity contribution in [1.82, 2.24) is 0 Å². The van der Waals surface area contributed by atoms with Crippen molar-refractivity contribution >= 4 is 17.1 Å². The number of azo groups is 1. The highest BCUT2D eigenvalue weighted by atomic mass is 16.3. The van der Waals surface area contributed by atoms with Crippen molar-refractivity contribution in [2.75, 3.05) is 0 Å². The lowest BCUT2D eigenvalue weighted by Crippen LogP contribution is -1.65. The summed E-state index contributed by atoms with van der Waals surface area (Å²) in [6.45, 7) is 6.83. The van der Waals surface area contributed by atoms with Crippen molar-refractivity contribution < 1.29 is 5.11 Å². The van der Waals surface area contributed by atoms with Crippen molar-refractivity contribution in [2.45, 2.75) is 0 Å². The predicted octanol–water partition coefficient (Wildman–Crippen LogP) is 4.36. The molecule has 0 heterocycles. The Morgan fingerprint density at radius 2 is 1.47 bits per heavy atom. The molecule has 0 aromatic heterocycles. The fourth-order valence-corrected chi connectivity index (χ4v) is 1.22. The van der Waals surface area contributed by atoms with Crippen LogP contribution in [0.5, 0.6) is 5.75 Å². The van der Waals surface area contributed by atoms with E-state index in [-0.39, 0.29) is 0 Å². The Morgan fingerprint density at radius 3 is 1.94 bits per heavy atom. The van der Waals surface area contributed by atoms with Gasteiger partial charge in [0.25, 0.3) is 1.43 Å². The smallest absolute Gasteiger partial charge is 0.293 e. The second-order valence-electron chi connectivity index (χ2n) is 3.32. The fourth-order valence-electron chi connectivity index (χ4n) is 1.22. The van der Waals surface area contributed by atoms with Crippen LogP contribution in [0.25, 0.3) is 4.85 Å². The van der Waals surface area contributed by atoms with Crippen molar-refractivity contribution in [2.24, 2.45) is 10.2 Å². The average molecular weight is 225 g/mol. The lowest BCUT2D eigenvalue weighted by atomic mass is 10.3. The van der Waals surface area contributed by atoms with Gasteiger partial charge in [0.15, 0.2) is 5.69 Å². The third-order valence-corrected chi connectivity index (χ3v) is 2.10. The first kappa shape index (κ1) is 9.55. The largest absolute Gasteiger partial charge is 0.508 e. The highest BCUT2D eigenvalue weighted by molar-refractivity contribution is 5.51. The van der Waals surface area contributed by atoms with Crippen LogP contribution in [0, 0.1) is 6.57 Å².